The number of carbonyl (C=O) groups is 1. The smallest absolute Gasteiger partial charge is 0.330 e. The van der Waals surface area contributed by atoms with Gasteiger partial charge in [-0.3, -0.25) is 4.90 Å². The van der Waals surface area contributed by atoms with Crippen molar-refractivity contribution in [1.82, 2.24) is 4.90 Å². The molecule has 92 valence electrons. The van der Waals surface area contributed by atoms with Crippen LogP contribution in [0.2, 0.25) is 0 Å². The van der Waals surface area contributed by atoms with Crippen LogP contribution in [-0.4, -0.2) is 49.8 Å². The molecule has 1 saturated heterocycles. The first-order valence-electron chi connectivity index (χ1n) is 5.93. The lowest BCUT2D eigenvalue weighted by atomic mass is 10.2. The monoisotopic (exact) mass is 227 g/mol. The van der Waals surface area contributed by atoms with Gasteiger partial charge in [0.25, 0.3) is 0 Å². The first-order valence-corrected chi connectivity index (χ1v) is 5.93. The van der Waals surface area contributed by atoms with E-state index in [4.69, 9.17) is 9.47 Å². The van der Waals surface area contributed by atoms with Gasteiger partial charge < -0.3 is 9.47 Å². The molecule has 0 aromatic carbocycles. The predicted octanol–water partition coefficient (Wildman–Crippen LogP) is 1.22. The first kappa shape index (κ1) is 13.2. The van der Waals surface area contributed by atoms with Crippen LogP contribution in [0.5, 0.6) is 0 Å². The van der Waals surface area contributed by atoms with E-state index < -0.39 is 0 Å². The molecule has 4 heteroatoms. The van der Waals surface area contributed by atoms with Crippen molar-refractivity contribution in [2.75, 3.05) is 32.9 Å². The Morgan fingerprint density at radius 3 is 3.06 bits per heavy atom. The zero-order chi connectivity index (χ0) is 11.8. The first-order chi connectivity index (χ1) is 7.77. The van der Waals surface area contributed by atoms with Gasteiger partial charge in [0.15, 0.2) is 0 Å². The molecule has 1 fully saturated rings. The highest BCUT2D eigenvalue weighted by atomic mass is 16.5. The lowest BCUT2D eigenvalue weighted by molar-refractivity contribution is -0.137. The van der Waals surface area contributed by atoms with Gasteiger partial charge in [-0.05, 0) is 13.3 Å². The highest BCUT2D eigenvalue weighted by molar-refractivity contribution is 5.81. The molecule has 1 aliphatic heterocycles. The normalized spacial score (nSPS) is 22.5. The molecule has 1 heterocycles. The third-order valence-corrected chi connectivity index (χ3v) is 2.70. The van der Waals surface area contributed by atoms with Crippen molar-refractivity contribution in [2.24, 2.45) is 0 Å². The number of esters is 1. The molecule has 0 radical (unpaired) electrons. The fourth-order valence-corrected chi connectivity index (χ4v) is 1.78. The molecule has 1 atom stereocenters. The second-order valence-electron chi connectivity index (χ2n) is 3.79. The van der Waals surface area contributed by atoms with E-state index in [1.165, 1.54) is 6.08 Å². The van der Waals surface area contributed by atoms with Crippen LogP contribution in [0.3, 0.4) is 0 Å². The van der Waals surface area contributed by atoms with Gasteiger partial charge in [-0.2, -0.15) is 0 Å². The fraction of sp³-hybridized carbons (Fsp3) is 0.750. The van der Waals surface area contributed by atoms with Gasteiger partial charge >= 0.3 is 5.97 Å². The van der Waals surface area contributed by atoms with Crippen molar-refractivity contribution in [3.63, 3.8) is 0 Å². The van der Waals surface area contributed by atoms with E-state index in [2.05, 4.69) is 11.8 Å². The molecule has 1 aliphatic rings. The van der Waals surface area contributed by atoms with Gasteiger partial charge in [-0.25, -0.2) is 4.79 Å². The minimum Gasteiger partial charge on any atom is -0.463 e. The average Bonchev–Trinajstić information content (AvgIpc) is 2.30. The Morgan fingerprint density at radius 1 is 1.56 bits per heavy atom. The maximum absolute atomic E-state index is 11.1. The molecule has 0 N–H and O–H groups in total. The van der Waals surface area contributed by atoms with Gasteiger partial charge in [0.1, 0.15) is 0 Å². The second-order valence-corrected chi connectivity index (χ2v) is 3.79. The maximum atomic E-state index is 11.1. The minimum absolute atomic E-state index is 0.260. The van der Waals surface area contributed by atoms with Crippen LogP contribution in [0.1, 0.15) is 20.3 Å². The number of hydrogen-bond donors (Lipinski definition) is 0. The molecule has 0 amide bonds. The van der Waals surface area contributed by atoms with E-state index in [0.29, 0.717) is 12.6 Å². The molecular formula is C12H21NO3. The Kier molecular flexibility index (Phi) is 6.11. The summed E-state index contributed by atoms with van der Waals surface area (Å²) in [4.78, 5) is 13.4. The Labute approximate surface area is 97.2 Å². The summed E-state index contributed by atoms with van der Waals surface area (Å²) in [5.41, 5.74) is 0. The molecule has 0 aromatic heterocycles. The zero-order valence-corrected chi connectivity index (χ0v) is 10.1. The Morgan fingerprint density at radius 2 is 2.38 bits per heavy atom. The lowest BCUT2D eigenvalue weighted by Gasteiger charge is -2.34. The zero-order valence-electron chi connectivity index (χ0n) is 10.1. The number of nitrogens with zero attached hydrogens (tertiary/aromatic N) is 1. The number of ether oxygens (including phenoxy) is 2. The quantitative estimate of drug-likeness (QED) is 0.523. The summed E-state index contributed by atoms with van der Waals surface area (Å²) in [6, 6.07) is 0.473. The largest absolute Gasteiger partial charge is 0.463 e. The van der Waals surface area contributed by atoms with Crippen molar-refractivity contribution >= 4 is 5.97 Å². The molecule has 4 nitrogen and oxygen atoms in total. The summed E-state index contributed by atoms with van der Waals surface area (Å²) in [5, 5.41) is 0. The van der Waals surface area contributed by atoms with Crippen molar-refractivity contribution in [3.05, 3.63) is 12.2 Å². The summed E-state index contributed by atoms with van der Waals surface area (Å²) in [5.74, 6) is -0.260. The SMILES string of the molecule is CCOC(=O)/C=C/CN1CCOCC1CC. The van der Waals surface area contributed by atoms with E-state index in [1.54, 1.807) is 6.92 Å². The van der Waals surface area contributed by atoms with Gasteiger partial charge in [-0.1, -0.05) is 13.0 Å². The van der Waals surface area contributed by atoms with Crippen LogP contribution in [0.25, 0.3) is 0 Å². The summed E-state index contributed by atoms with van der Waals surface area (Å²) in [6.45, 7) is 7.69. The fourth-order valence-electron chi connectivity index (χ4n) is 1.78. The summed E-state index contributed by atoms with van der Waals surface area (Å²) in [6.07, 6.45) is 4.45. The van der Waals surface area contributed by atoms with E-state index in [0.717, 1.165) is 32.7 Å². The molecule has 0 spiro atoms. The van der Waals surface area contributed by atoms with Crippen molar-refractivity contribution < 1.29 is 14.3 Å². The van der Waals surface area contributed by atoms with E-state index >= 15 is 0 Å². The molecule has 16 heavy (non-hydrogen) atoms. The predicted molar refractivity (Wildman–Crippen MR) is 62.2 cm³/mol. The van der Waals surface area contributed by atoms with Crippen LogP contribution >= 0.6 is 0 Å². The molecule has 1 unspecified atom stereocenters. The highest BCUT2D eigenvalue weighted by Gasteiger charge is 2.19. The topological polar surface area (TPSA) is 38.8 Å². The van der Waals surface area contributed by atoms with Crippen LogP contribution in [0.15, 0.2) is 12.2 Å². The molecule has 0 saturated carbocycles. The lowest BCUT2D eigenvalue weighted by Crippen LogP contribution is -2.44. The molecule has 0 bridgehead atoms. The van der Waals surface area contributed by atoms with Gasteiger partial charge in [0, 0.05) is 25.2 Å². The van der Waals surface area contributed by atoms with Crippen LogP contribution in [0.4, 0.5) is 0 Å². The van der Waals surface area contributed by atoms with Gasteiger partial charge in [0.05, 0.1) is 19.8 Å². The molecule has 0 aromatic rings. The van der Waals surface area contributed by atoms with Gasteiger partial charge in [0.2, 0.25) is 0 Å². The van der Waals surface area contributed by atoms with E-state index in [1.807, 2.05) is 6.08 Å². The Balaban J connectivity index is 2.32. The van der Waals surface area contributed by atoms with Crippen LogP contribution in [-0.2, 0) is 14.3 Å². The van der Waals surface area contributed by atoms with E-state index in [9.17, 15) is 4.79 Å². The minimum atomic E-state index is -0.260. The number of morpholine rings is 1. The third kappa shape index (κ3) is 4.33. The standard InChI is InChI=1S/C12H21NO3/c1-3-11-10-15-9-8-13(11)7-5-6-12(14)16-4-2/h5-6,11H,3-4,7-10H2,1-2H3/b6-5+. The molecular weight excluding hydrogens is 206 g/mol. The number of carbonyl (C=O) groups excluding carboxylic acids is 1. The summed E-state index contributed by atoms with van der Waals surface area (Å²) in [7, 11) is 0. The molecule has 0 aliphatic carbocycles. The Hall–Kier alpha value is -0.870. The van der Waals surface area contributed by atoms with Crippen LogP contribution in [0, 0.1) is 0 Å². The van der Waals surface area contributed by atoms with Gasteiger partial charge in [-0.15, -0.1) is 0 Å². The third-order valence-electron chi connectivity index (χ3n) is 2.70. The van der Waals surface area contributed by atoms with Crippen molar-refractivity contribution in [2.45, 2.75) is 26.3 Å². The summed E-state index contributed by atoms with van der Waals surface area (Å²) < 4.78 is 10.2. The Bertz CT molecular complexity index is 240. The summed E-state index contributed by atoms with van der Waals surface area (Å²) >= 11 is 0. The highest BCUT2D eigenvalue weighted by Crippen LogP contribution is 2.09. The average molecular weight is 227 g/mol. The number of hydrogen-bond acceptors (Lipinski definition) is 4. The van der Waals surface area contributed by atoms with Crippen LogP contribution < -0.4 is 0 Å². The van der Waals surface area contributed by atoms with E-state index in [-0.39, 0.29) is 5.97 Å². The maximum Gasteiger partial charge on any atom is 0.330 e. The second kappa shape index (κ2) is 7.41. The van der Waals surface area contributed by atoms with Crippen molar-refractivity contribution in [3.8, 4) is 0 Å². The molecule has 1 rings (SSSR count). The van der Waals surface area contributed by atoms with Crippen molar-refractivity contribution in [1.29, 1.82) is 0 Å². The number of rotatable bonds is 5.